The van der Waals surface area contributed by atoms with Crippen molar-refractivity contribution in [2.24, 2.45) is 0 Å². The van der Waals surface area contributed by atoms with E-state index in [9.17, 15) is 4.39 Å². The lowest BCUT2D eigenvalue weighted by atomic mass is 9.86. The topological polar surface area (TPSA) is 38.9 Å². The molecule has 1 aromatic heterocycles. The van der Waals surface area contributed by atoms with E-state index in [1.165, 1.54) is 12.1 Å². The van der Waals surface area contributed by atoms with Crippen molar-refractivity contribution in [1.82, 2.24) is 4.98 Å². The minimum Gasteiger partial charge on any atom is -0.384 e. The summed E-state index contributed by atoms with van der Waals surface area (Å²) in [6.45, 7) is 9.79. The first-order chi connectivity index (χ1) is 8.34. The zero-order valence-corrected chi connectivity index (χ0v) is 10.9. The van der Waals surface area contributed by atoms with Crippen LogP contribution in [0.2, 0.25) is 0 Å². The van der Waals surface area contributed by atoms with Crippen LogP contribution in [0, 0.1) is 5.82 Å². The van der Waals surface area contributed by atoms with Gasteiger partial charge >= 0.3 is 0 Å². The van der Waals surface area contributed by atoms with E-state index >= 15 is 0 Å². The normalized spacial score (nSPS) is 11.8. The lowest BCUT2D eigenvalue weighted by Gasteiger charge is -2.22. The summed E-state index contributed by atoms with van der Waals surface area (Å²) < 4.78 is 13.9. The number of nitrogens with zero attached hydrogens (tertiary/aromatic N) is 1. The number of hydrogen-bond donors (Lipinski definition) is 1. The van der Waals surface area contributed by atoms with Crippen LogP contribution in [0.15, 0.2) is 24.8 Å². The Morgan fingerprint density at radius 3 is 2.56 bits per heavy atom. The zero-order valence-electron chi connectivity index (χ0n) is 10.9. The SMILES string of the molecule is C=Cc1c(F)ccc2cc(N)nc(C(C)(C)C)c12. The van der Waals surface area contributed by atoms with Crippen LogP contribution in [0.5, 0.6) is 0 Å². The maximum atomic E-state index is 13.9. The molecule has 2 aromatic rings. The maximum absolute atomic E-state index is 13.9. The van der Waals surface area contributed by atoms with Crippen molar-refractivity contribution in [2.45, 2.75) is 26.2 Å². The molecule has 0 aliphatic carbocycles. The van der Waals surface area contributed by atoms with Crippen LogP contribution in [0.3, 0.4) is 0 Å². The third kappa shape index (κ3) is 1.96. The zero-order chi connectivity index (χ0) is 13.5. The van der Waals surface area contributed by atoms with Crippen LogP contribution >= 0.6 is 0 Å². The van der Waals surface area contributed by atoms with Gasteiger partial charge in [0.25, 0.3) is 0 Å². The average Bonchev–Trinajstić information content (AvgIpc) is 2.27. The van der Waals surface area contributed by atoms with Crippen LogP contribution in [-0.4, -0.2) is 4.98 Å². The summed E-state index contributed by atoms with van der Waals surface area (Å²) in [5.41, 5.74) is 6.90. The van der Waals surface area contributed by atoms with Gasteiger partial charge in [0.2, 0.25) is 0 Å². The number of aromatic nitrogens is 1. The van der Waals surface area contributed by atoms with E-state index in [2.05, 4.69) is 11.6 Å². The van der Waals surface area contributed by atoms with Gasteiger partial charge in [-0.05, 0) is 17.5 Å². The number of anilines is 1. The summed E-state index contributed by atoms with van der Waals surface area (Å²) in [7, 11) is 0. The molecular formula is C15H17FN2. The minimum absolute atomic E-state index is 0.209. The second kappa shape index (κ2) is 4.09. The maximum Gasteiger partial charge on any atom is 0.131 e. The second-order valence-corrected chi connectivity index (χ2v) is 5.41. The number of pyridine rings is 1. The Bertz CT molecular complexity index is 624. The molecule has 0 aliphatic rings. The summed E-state index contributed by atoms with van der Waals surface area (Å²) in [6, 6.07) is 4.92. The van der Waals surface area contributed by atoms with Gasteiger partial charge in [-0.25, -0.2) is 9.37 Å². The van der Waals surface area contributed by atoms with Gasteiger partial charge in [-0.1, -0.05) is 39.5 Å². The Kier molecular flexibility index (Phi) is 2.85. The lowest BCUT2D eigenvalue weighted by Crippen LogP contribution is -2.16. The van der Waals surface area contributed by atoms with Crippen molar-refractivity contribution in [3.05, 3.63) is 41.9 Å². The van der Waals surface area contributed by atoms with Gasteiger partial charge in [0.1, 0.15) is 11.6 Å². The Hall–Kier alpha value is -1.90. The molecule has 0 aliphatic heterocycles. The first kappa shape index (κ1) is 12.6. The molecule has 2 rings (SSSR count). The summed E-state index contributed by atoms with van der Waals surface area (Å²) in [5, 5.41) is 1.69. The highest BCUT2D eigenvalue weighted by atomic mass is 19.1. The highest BCUT2D eigenvalue weighted by molar-refractivity contribution is 5.94. The van der Waals surface area contributed by atoms with Crippen molar-refractivity contribution in [3.8, 4) is 0 Å². The largest absolute Gasteiger partial charge is 0.384 e. The highest BCUT2D eigenvalue weighted by Gasteiger charge is 2.22. The van der Waals surface area contributed by atoms with Crippen molar-refractivity contribution in [3.63, 3.8) is 0 Å². The number of nitrogen functional groups attached to an aromatic ring is 1. The van der Waals surface area contributed by atoms with Crippen molar-refractivity contribution in [1.29, 1.82) is 0 Å². The predicted octanol–water partition coefficient (Wildman–Crippen LogP) is 3.90. The first-order valence-electron chi connectivity index (χ1n) is 5.86. The van der Waals surface area contributed by atoms with E-state index in [1.54, 1.807) is 12.1 Å². The second-order valence-electron chi connectivity index (χ2n) is 5.41. The summed E-state index contributed by atoms with van der Waals surface area (Å²) in [4.78, 5) is 4.39. The number of fused-ring (bicyclic) bond motifs is 1. The van der Waals surface area contributed by atoms with Gasteiger partial charge in [-0.15, -0.1) is 0 Å². The minimum atomic E-state index is -0.283. The van der Waals surface area contributed by atoms with Crippen LogP contribution in [0.25, 0.3) is 16.8 Å². The molecule has 1 aromatic carbocycles. The van der Waals surface area contributed by atoms with Gasteiger partial charge in [0.15, 0.2) is 0 Å². The van der Waals surface area contributed by atoms with Crippen LogP contribution in [-0.2, 0) is 5.41 Å². The fraction of sp³-hybridized carbons (Fsp3) is 0.267. The molecule has 0 fully saturated rings. The van der Waals surface area contributed by atoms with Gasteiger partial charge in [-0.2, -0.15) is 0 Å². The highest BCUT2D eigenvalue weighted by Crippen LogP contribution is 2.33. The van der Waals surface area contributed by atoms with Crippen LogP contribution < -0.4 is 5.73 Å². The van der Waals surface area contributed by atoms with Gasteiger partial charge in [0.05, 0.1) is 5.69 Å². The molecular weight excluding hydrogens is 227 g/mol. The smallest absolute Gasteiger partial charge is 0.131 e. The van der Waals surface area contributed by atoms with E-state index in [0.717, 1.165) is 16.5 Å². The van der Waals surface area contributed by atoms with Gasteiger partial charge < -0.3 is 5.73 Å². The average molecular weight is 244 g/mol. The van der Waals surface area contributed by atoms with Crippen molar-refractivity contribution < 1.29 is 4.39 Å². The van der Waals surface area contributed by atoms with Crippen molar-refractivity contribution >= 4 is 22.7 Å². The third-order valence-electron chi connectivity index (χ3n) is 2.92. The van der Waals surface area contributed by atoms with Crippen LogP contribution in [0.4, 0.5) is 10.2 Å². The molecule has 0 spiro atoms. The summed E-state index contributed by atoms with van der Waals surface area (Å²) in [6.07, 6.45) is 1.53. The molecule has 0 atom stereocenters. The summed E-state index contributed by atoms with van der Waals surface area (Å²) >= 11 is 0. The first-order valence-corrected chi connectivity index (χ1v) is 5.86. The molecule has 0 radical (unpaired) electrons. The van der Waals surface area contributed by atoms with Gasteiger partial charge in [0, 0.05) is 16.4 Å². The Labute approximate surface area is 106 Å². The number of nitrogens with two attached hydrogens (primary N) is 1. The van der Waals surface area contributed by atoms with E-state index in [4.69, 9.17) is 5.73 Å². The standard InChI is InChI=1S/C15H17FN2/c1-5-10-11(16)7-6-9-8-12(17)18-14(13(9)10)15(2,3)4/h5-8H,1H2,2-4H3,(H2,17,18). The van der Waals surface area contributed by atoms with E-state index < -0.39 is 0 Å². The number of rotatable bonds is 1. The number of benzene rings is 1. The van der Waals surface area contributed by atoms with E-state index in [1.807, 2.05) is 20.8 Å². The van der Waals surface area contributed by atoms with E-state index in [-0.39, 0.29) is 11.2 Å². The molecule has 1 heterocycles. The molecule has 3 heteroatoms. The molecule has 0 unspecified atom stereocenters. The quantitative estimate of drug-likeness (QED) is 0.826. The monoisotopic (exact) mass is 244 g/mol. The lowest BCUT2D eigenvalue weighted by molar-refractivity contribution is 0.575. The Morgan fingerprint density at radius 2 is 2.00 bits per heavy atom. The molecule has 2 nitrogen and oxygen atoms in total. The van der Waals surface area contributed by atoms with E-state index in [0.29, 0.717) is 11.4 Å². The third-order valence-corrected chi connectivity index (χ3v) is 2.92. The molecule has 18 heavy (non-hydrogen) atoms. The van der Waals surface area contributed by atoms with Gasteiger partial charge in [-0.3, -0.25) is 0 Å². The number of hydrogen-bond acceptors (Lipinski definition) is 2. The molecule has 2 N–H and O–H groups in total. The fourth-order valence-electron chi connectivity index (χ4n) is 2.11. The van der Waals surface area contributed by atoms with Crippen LogP contribution in [0.1, 0.15) is 32.0 Å². The molecule has 0 amide bonds. The Morgan fingerprint density at radius 1 is 1.33 bits per heavy atom. The predicted molar refractivity (Wildman–Crippen MR) is 74.9 cm³/mol. The molecule has 94 valence electrons. The Balaban J connectivity index is 3.00. The molecule has 0 saturated heterocycles. The molecule has 0 bridgehead atoms. The summed E-state index contributed by atoms with van der Waals surface area (Å²) in [5.74, 6) is 0.170. The van der Waals surface area contributed by atoms with Crippen molar-refractivity contribution in [2.75, 3.05) is 5.73 Å². The number of halogens is 1. The molecule has 0 saturated carbocycles. The fourth-order valence-corrected chi connectivity index (χ4v) is 2.11.